The lowest BCUT2D eigenvalue weighted by Gasteiger charge is -2.12. The highest BCUT2D eigenvalue weighted by Gasteiger charge is 2.11. The first kappa shape index (κ1) is 13.8. The molecule has 0 aromatic heterocycles. The van der Waals surface area contributed by atoms with Crippen LogP contribution in [0.2, 0.25) is 10.0 Å². The highest BCUT2D eigenvalue weighted by molar-refractivity contribution is 6.36. The lowest BCUT2D eigenvalue weighted by molar-refractivity contribution is 0.742. The van der Waals surface area contributed by atoms with E-state index in [-0.39, 0.29) is 18.4 Å². The molecule has 0 aliphatic carbocycles. The van der Waals surface area contributed by atoms with Crippen LogP contribution in [-0.4, -0.2) is 0 Å². The molecule has 1 aromatic carbocycles. The zero-order chi connectivity index (χ0) is 9.84. The average molecular weight is 253 g/mol. The second kappa shape index (κ2) is 6.31. The number of rotatable bonds is 3. The van der Waals surface area contributed by atoms with Gasteiger partial charge in [0, 0.05) is 21.7 Å². The molecule has 0 saturated heterocycles. The zero-order valence-corrected chi connectivity index (χ0v) is 9.87. The van der Waals surface area contributed by atoms with Gasteiger partial charge in [0.05, 0.1) is 0 Å². The monoisotopic (exact) mass is 251 g/mol. The first-order chi connectivity index (χ1) is 6.16. The van der Waals surface area contributed by atoms with Gasteiger partial charge < -0.3 is 5.73 Å². The Balaban J connectivity index is 0.00000169. The van der Waals surface area contributed by atoms with Gasteiger partial charge in [-0.25, -0.2) is 0 Å². The first-order valence-electron chi connectivity index (χ1n) is 3.97. The van der Waals surface area contributed by atoms with Gasteiger partial charge in [0.1, 0.15) is 0 Å². The number of hydrogen-bond acceptors (Lipinski definition) is 1. The maximum absolute atomic E-state index is 5.96. The highest BCUT2D eigenvalue weighted by Crippen LogP contribution is 2.30. The number of halogens is 3. The molecule has 0 unspecified atom stereocenters. The molecule has 14 heavy (non-hydrogen) atoms. The Labute approximate surface area is 100 Å². The first-order valence-corrected chi connectivity index (χ1v) is 4.72. The minimum atomic E-state index is -0.168. The van der Waals surface area contributed by atoms with Gasteiger partial charge in [0.15, 0.2) is 0 Å². The Bertz CT molecular complexity index is 292. The summed E-state index contributed by atoms with van der Waals surface area (Å²) in [5.74, 6) is 0. The normalized spacial score (nSPS) is 11.6. The van der Waals surface area contributed by atoms with Gasteiger partial charge in [0.2, 0.25) is 0 Å². The topological polar surface area (TPSA) is 26.0 Å². The molecule has 0 heterocycles. The quantitative estimate of drug-likeness (QED) is 0.809. The van der Waals surface area contributed by atoms with Crippen molar-refractivity contribution in [3.05, 3.63) is 46.5 Å². The maximum atomic E-state index is 5.96. The van der Waals surface area contributed by atoms with E-state index in [0.717, 1.165) is 5.56 Å². The van der Waals surface area contributed by atoms with Crippen molar-refractivity contribution in [2.75, 3.05) is 0 Å². The van der Waals surface area contributed by atoms with Crippen LogP contribution in [0.3, 0.4) is 0 Å². The van der Waals surface area contributed by atoms with Crippen LogP contribution in [0.1, 0.15) is 18.0 Å². The molecule has 0 aliphatic heterocycles. The van der Waals surface area contributed by atoms with Crippen molar-refractivity contribution in [3.8, 4) is 0 Å². The molecule has 78 valence electrons. The summed E-state index contributed by atoms with van der Waals surface area (Å²) in [6.07, 6.45) is 2.42. The lowest BCUT2D eigenvalue weighted by atomic mass is 10.0. The van der Waals surface area contributed by atoms with Crippen LogP contribution in [0.5, 0.6) is 0 Å². The fourth-order valence-corrected chi connectivity index (χ4v) is 1.84. The van der Waals surface area contributed by atoms with Gasteiger partial charge in [0.25, 0.3) is 0 Å². The summed E-state index contributed by atoms with van der Waals surface area (Å²) in [5.41, 5.74) is 6.66. The third-order valence-corrected chi connectivity index (χ3v) is 2.45. The van der Waals surface area contributed by atoms with E-state index in [1.54, 1.807) is 24.3 Å². The predicted molar refractivity (Wildman–Crippen MR) is 65.5 cm³/mol. The maximum Gasteiger partial charge on any atom is 0.0468 e. The van der Waals surface area contributed by atoms with E-state index in [1.165, 1.54) is 0 Å². The predicted octanol–water partition coefficient (Wildman–Crippen LogP) is 3.99. The van der Waals surface area contributed by atoms with Crippen LogP contribution >= 0.6 is 35.6 Å². The smallest absolute Gasteiger partial charge is 0.0468 e. The standard InChI is InChI=1S/C10H11Cl2N.ClH/c1-2-4-9(13)10-7(11)5-3-6-8(10)12;/h2-3,5-6,9H,1,4,13H2;1H/t9-;/m0./s1. The average Bonchev–Trinajstić information content (AvgIpc) is 2.04. The molecule has 1 aromatic rings. The zero-order valence-electron chi connectivity index (χ0n) is 7.54. The summed E-state index contributed by atoms with van der Waals surface area (Å²) in [6, 6.07) is 5.20. The molecule has 4 heteroatoms. The summed E-state index contributed by atoms with van der Waals surface area (Å²) >= 11 is 11.9. The van der Waals surface area contributed by atoms with E-state index in [4.69, 9.17) is 28.9 Å². The van der Waals surface area contributed by atoms with E-state index >= 15 is 0 Å². The molecule has 0 spiro atoms. The van der Waals surface area contributed by atoms with E-state index < -0.39 is 0 Å². The second-order valence-corrected chi connectivity index (χ2v) is 3.58. The Morgan fingerprint density at radius 2 is 1.86 bits per heavy atom. The third kappa shape index (κ3) is 3.18. The highest BCUT2D eigenvalue weighted by atomic mass is 35.5. The number of benzene rings is 1. The summed E-state index contributed by atoms with van der Waals surface area (Å²) in [4.78, 5) is 0. The van der Waals surface area contributed by atoms with E-state index in [1.807, 2.05) is 0 Å². The summed E-state index contributed by atoms with van der Waals surface area (Å²) in [5, 5.41) is 1.23. The van der Waals surface area contributed by atoms with Gasteiger partial charge in [-0.1, -0.05) is 35.3 Å². The van der Waals surface area contributed by atoms with Crippen molar-refractivity contribution < 1.29 is 0 Å². The van der Waals surface area contributed by atoms with Gasteiger partial charge in [-0.3, -0.25) is 0 Å². The van der Waals surface area contributed by atoms with Crippen LogP contribution in [0, 0.1) is 0 Å². The molecule has 1 atom stereocenters. The van der Waals surface area contributed by atoms with Crippen molar-refractivity contribution in [2.24, 2.45) is 5.73 Å². The Kier molecular flexibility index (Phi) is 6.21. The largest absolute Gasteiger partial charge is 0.324 e. The fraction of sp³-hybridized carbons (Fsp3) is 0.200. The van der Waals surface area contributed by atoms with Gasteiger partial charge in [-0.2, -0.15) is 0 Å². The van der Waals surface area contributed by atoms with Crippen LogP contribution in [0.4, 0.5) is 0 Å². The SMILES string of the molecule is C=CC[C@H](N)c1c(Cl)cccc1Cl.Cl. The van der Waals surface area contributed by atoms with Crippen molar-refractivity contribution in [1.82, 2.24) is 0 Å². The van der Waals surface area contributed by atoms with Crippen molar-refractivity contribution in [3.63, 3.8) is 0 Å². The molecular formula is C10H12Cl3N. The van der Waals surface area contributed by atoms with E-state index in [9.17, 15) is 0 Å². The molecule has 1 rings (SSSR count). The Morgan fingerprint density at radius 1 is 1.36 bits per heavy atom. The molecule has 1 nitrogen and oxygen atoms in total. The fourth-order valence-electron chi connectivity index (χ4n) is 1.16. The lowest BCUT2D eigenvalue weighted by Crippen LogP contribution is -2.10. The molecule has 2 N–H and O–H groups in total. The third-order valence-electron chi connectivity index (χ3n) is 1.79. The molecule has 0 radical (unpaired) electrons. The number of hydrogen-bond donors (Lipinski definition) is 1. The molecule has 0 bridgehead atoms. The Morgan fingerprint density at radius 3 is 2.29 bits per heavy atom. The van der Waals surface area contributed by atoms with E-state index in [0.29, 0.717) is 16.5 Å². The second-order valence-electron chi connectivity index (χ2n) is 2.77. The summed E-state index contributed by atoms with van der Waals surface area (Å²) in [7, 11) is 0. The minimum Gasteiger partial charge on any atom is -0.324 e. The van der Waals surface area contributed by atoms with Crippen molar-refractivity contribution in [2.45, 2.75) is 12.5 Å². The summed E-state index contributed by atoms with van der Waals surface area (Å²) in [6.45, 7) is 3.62. The van der Waals surface area contributed by atoms with E-state index in [2.05, 4.69) is 6.58 Å². The molecular weight excluding hydrogens is 240 g/mol. The Hall–Kier alpha value is -0.210. The minimum absolute atomic E-state index is 0. The van der Waals surface area contributed by atoms with Gasteiger partial charge >= 0.3 is 0 Å². The van der Waals surface area contributed by atoms with Crippen molar-refractivity contribution >= 4 is 35.6 Å². The molecule has 0 saturated carbocycles. The van der Waals surface area contributed by atoms with Gasteiger partial charge in [-0.15, -0.1) is 19.0 Å². The summed E-state index contributed by atoms with van der Waals surface area (Å²) < 4.78 is 0. The van der Waals surface area contributed by atoms with Crippen LogP contribution in [0.15, 0.2) is 30.9 Å². The van der Waals surface area contributed by atoms with Crippen LogP contribution in [0.25, 0.3) is 0 Å². The van der Waals surface area contributed by atoms with Gasteiger partial charge in [-0.05, 0) is 18.6 Å². The van der Waals surface area contributed by atoms with Crippen LogP contribution in [-0.2, 0) is 0 Å². The molecule has 0 aliphatic rings. The number of nitrogens with two attached hydrogens (primary N) is 1. The molecule has 0 amide bonds. The van der Waals surface area contributed by atoms with Crippen molar-refractivity contribution in [1.29, 1.82) is 0 Å². The van der Waals surface area contributed by atoms with Crippen LogP contribution < -0.4 is 5.73 Å². The molecule has 0 fully saturated rings.